The van der Waals surface area contributed by atoms with E-state index in [-0.39, 0.29) is 11.9 Å². The standard InChI is InChI=1S/C27H20F3N3O/c1-16(21-5-3-7-24-25(21)32-15-31-24)33-26(34)19-10-13-23-18(14-19)4-2-6-22(23)17-8-11-20(12-9-17)27(28,29)30/h2-16H,1H3,(H,31,32)(H,33,34)/t16-/m0/s1. The van der Waals surface area contributed by atoms with Crippen molar-refractivity contribution in [2.24, 2.45) is 0 Å². The summed E-state index contributed by atoms with van der Waals surface area (Å²) in [7, 11) is 0. The summed E-state index contributed by atoms with van der Waals surface area (Å²) in [6.45, 7) is 1.91. The first-order valence-electron chi connectivity index (χ1n) is 10.7. The van der Waals surface area contributed by atoms with Crippen LogP contribution in [0.1, 0.15) is 34.5 Å². The molecule has 0 aliphatic carbocycles. The number of hydrogen-bond acceptors (Lipinski definition) is 2. The number of H-pyrrole nitrogens is 1. The molecule has 7 heteroatoms. The van der Waals surface area contributed by atoms with Crippen molar-refractivity contribution in [2.75, 3.05) is 0 Å². The quantitative estimate of drug-likeness (QED) is 0.307. The number of nitrogens with zero attached hydrogens (tertiary/aromatic N) is 1. The van der Waals surface area contributed by atoms with Gasteiger partial charge in [0.1, 0.15) is 0 Å². The number of benzene rings is 4. The minimum absolute atomic E-state index is 0.220. The van der Waals surface area contributed by atoms with Crippen LogP contribution in [0.25, 0.3) is 32.9 Å². The molecule has 0 fully saturated rings. The third-order valence-electron chi connectivity index (χ3n) is 5.96. The topological polar surface area (TPSA) is 57.8 Å². The molecule has 5 rings (SSSR count). The molecular weight excluding hydrogens is 439 g/mol. The van der Waals surface area contributed by atoms with E-state index in [4.69, 9.17) is 0 Å². The number of aromatic amines is 1. The number of aromatic nitrogens is 2. The summed E-state index contributed by atoms with van der Waals surface area (Å²) in [5.41, 5.74) is 3.93. The Balaban J connectivity index is 1.42. The van der Waals surface area contributed by atoms with Gasteiger partial charge in [-0.3, -0.25) is 4.79 Å². The Labute approximate surface area is 193 Å². The molecule has 4 aromatic carbocycles. The zero-order valence-corrected chi connectivity index (χ0v) is 18.1. The smallest absolute Gasteiger partial charge is 0.345 e. The molecule has 0 bridgehead atoms. The van der Waals surface area contributed by atoms with Crippen LogP contribution in [0.5, 0.6) is 0 Å². The number of fused-ring (bicyclic) bond motifs is 2. The molecule has 34 heavy (non-hydrogen) atoms. The number of halogens is 3. The van der Waals surface area contributed by atoms with Crippen LogP contribution in [0, 0.1) is 0 Å². The third kappa shape index (κ3) is 4.01. The van der Waals surface area contributed by atoms with Gasteiger partial charge in [-0.15, -0.1) is 0 Å². The second kappa shape index (κ2) is 8.33. The highest BCUT2D eigenvalue weighted by atomic mass is 19.4. The summed E-state index contributed by atoms with van der Waals surface area (Å²) in [5, 5.41) is 4.71. The molecule has 1 aromatic heterocycles. The maximum absolute atomic E-state index is 13.0. The predicted molar refractivity (Wildman–Crippen MR) is 126 cm³/mol. The monoisotopic (exact) mass is 459 g/mol. The lowest BCUT2D eigenvalue weighted by Crippen LogP contribution is -2.26. The van der Waals surface area contributed by atoms with E-state index in [9.17, 15) is 18.0 Å². The fraction of sp³-hybridized carbons (Fsp3) is 0.111. The number of amides is 1. The van der Waals surface area contributed by atoms with Gasteiger partial charge in [-0.2, -0.15) is 13.2 Å². The average Bonchev–Trinajstić information content (AvgIpc) is 3.32. The van der Waals surface area contributed by atoms with Crippen LogP contribution >= 0.6 is 0 Å². The number of nitrogens with one attached hydrogen (secondary N) is 2. The van der Waals surface area contributed by atoms with Gasteiger partial charge >= 0.3 is 6.18 Å². The molecule has 2 N–H and O–H groups in total. The summed E-state index contributed by atoms with van der Waals surface area (Å²) >= 11 is 0. The number of carbonyl (C=O) groups is 1. The van der Waals surface area contributed by atoms with E-state index in [1.54, 1.807) is 18.5 Å². The van der Waals surface area contributed by atoms with Crippen LogP contribution < -0.4 is 5.32 Å². The molecule has 5 aromatic rings. The third-order valence-corrected chi connectivity index (χ3v) is 5.96. The van der Waals surface area contributed by atoms with Gasteiger partial charge in [0.15, 0.2) is 0 Å². The van der Waals surface area contributed by atoms with Gasteiger partial charge in [0.2, 0.25) is 0 Å². The zero-order valence-electron chi connectivity index (χ0n) is 18.1. The Kier molecular flexibility index (Phi) is 5.32. The van der Waals surface area contributed by atoms with Crippen molar-refractivity contribution in [3.8, 4) is 11.1 Å². The van der Waals surface area contributed by atoms with Crippen LogP contribution in [-0.4, -0.2) is 15.9 Å². The normalized spacial score (nSPS) is 12.7. The summed E-state index contributed by atoms with van der Waals surface area (Å²) in [6.07, 6.45) is -2.75. The summed E-state index contributed by atoms with van der Waals surface area (Å²) in [4.78, 5) is 20.4. The Morgan fingerprint density at radius 1 is 0.971 bits per heavy atom. The zero-order chi connectivity index (χ0) is 23.9. The van der Waals surface area contributed by atoms with Gasteiger partial charge in [-0.05, 0) is 59.2 Å². The molecule has 0 aliphatic rings. The molecule has 0 radical (unpaired) electrons. The lowest BCUT2D eigenvalue weighted by Gasteiger charge is -2.15. The summed E-state index contributed by atoms with van der Waals surface area (Å²) in [5.74, 6) is -0.220. The molecule has 0 saturated heterocycles. The molecule has 0 spiro atoms. The molecular formula is C27H20F3N3O. The van der Waals surface area contributed by atoms with Crippen LogP contribution in [-0.2, 0) is 6.18 Å². The number of imidazole rings is 1. The average molecular weight is 459 g/mol. The maximum atomic E-state index is 13.0. The van der Waals surface area contributed by atoms with E-state index in [2.05, 4.69) is 15.3 Å². The van der Waals surface area contributed by atoms with Crippen molar-refractivity contribution >= 4 is 27.7 Å². The summed E-state index contributed by atoms with van der Waals surface area (Å²) in [6, 6.07) is 21.5. The molecule has 0 saturated carbocycles. The van der Waals surface area contributed by atoms with Gasteiger partial charge in [-0.1, -0.05) is 48.5 Å². The van der Waals surface area contributed by atoms with E-state index < -0.39 is 11.7 Å². The van der Waals surface area contributed by atoms with Gasteiger partial charge in [-0.25, -0.2) is 4.98 Å². The van der Waals surface area contributed by atoms with Crippen molar-refractivity contribution in [1.29, 1.82) is 0 Å². The molecule has 4 nitrogen and oxygen atoms in total. The minimum atomic E-state index is -4.38. The lowest BCUT2D eigenvalue weighted by molar-refractivity contribution is -0.137. The van der Waals surface area contributed by atoms with Crippen LogP contribution in [0.2, 0.25) is 0 Å². The first kappa shape index (κ1) is 21.7. The van der Waals surface area contributed by atoms with Crippen molar-refractivity contribution in [3.05, 3.63) is 102 Å². The first-order valence-corrected chi connectivity index (χ1v) is 10.7. The molecule has 0 aliphatic heterocycles. The van der Waals surface area contributed by atoms with Gasteiger partial charge in [0.05, 0.1) is 29.0 Å². The van der Waals surface area contributed by atoms with E-state index >= 15 is 0 Å². The highest BCUT2D eigenvalue weighted by Gasteiger charge is 2.30. The highest BCUT2D eigenvalue weighted by molar-refractivity contribution is 6.03. The van der Waals surface area contributed by atoms with E-state index in [0.717, 1.165) is 45.1 Å². The Bertz CT molecular complexity index is 1500. The SMILES string of the molecule is C[C@H](NC(=O)c1ccc2c(-c3ccc(C(F)(F)F)cc3)cccc2c1)c1cccc2[nH]cnc12. The van der Waals surface area contributed by atoms with Crippen LogP contribution in [0.4, 0.5) is 13.2 Å². The van der Waals surface area contributed by atoms with Gasteiger partial charge in [0, 0.05) is 11.1 Å². The number of hydrogen-bond donors (Lipinski definition) is 2. The highest BCUT2D eigenvalue weighted by Crippen LogP contribution is 2.33. The van der Waals surface area contributed by atoms with Crippen molar-refractivity contribution in [1.82, 2.24) is 15.3 Å². The van der Waals surface area contributed by atoms with E-state index in [0.29, 0.717) is 11.1 Å². The largest absolute Gasteiger partial charge is 0.416 e. The van der Waals surface area contributed by atoms with E-state index in [1.165, 1.54) is 12.1 Å². The molecule has 1 amide bonds. The van der Waals surface area contributed by atoms with Crippen molar-refractivity contribution in [2.45, 2.75) is 19.1 Å². The number of para-hydroxylation sites is 1. The van der Waals surface area contributed by atoms with E-state index in [1.807, 2.05) is 49.4 Å². The second-order valence-corrected chi connectivity index (χ2v) is 8.16. The molecule has 0 unspecified atom stereocenters. The maximum Gasteiger partial charge on any atom is 0.416 e. The van der Waals surface area contributed by atoms with Crippen molar-refractivity contribution < 1.29 is 18.0 Å². The minimum Gasteiger partial charge on any atom is -0.345 e. The fourth-order valence-corrected chi connectivity index (χ4v) is 4.21. The second-order valence-electron chi connectivity index (χ2n) is 8.16. The van der Waals surface area contributed by atoms with Gasteiger partial charge in [0.25, 0.3) is 5.91 Å². The number of alkyl halides is 3. The summed E-state index contributed by atoms with van der Waals surface area (Å²) < 4.78 is 38.7. The lowest BCUT2D eigenvalue weighted by atomic mass is 9.96. The fourth-order valence-electron chi connectivity index (χ4n) is 4.21. The molecule has 1 atom stereocenters. The number of carbonyl (C=O) groups excluding carboxylic acids is 1. The number of rotatable bonds is 4. The molecule has 1 heterocycles. The predicted octanol–water partition coefficient (Wildman–Crippen LogP) is 6.89. The van der Waals surface area contributed by atoms with Crippen molar-refractivity contribution in [3.63, 3.8) is 0 Å². The van der Waals surface area contributed by atoms with Gasteiger partial charge < -0.3 is 10.3 Å². The molecule has 170 valence electrons. The Morgan fingerprint density at radius 2 is 1.74 bits per heavy atom. The Hall–Kier alpha value is -4.13. The van der Waals surface area contributed by atoms with Crippen LogP contribution in [0.3, 0.4) is 0 Å². The Morgan fingerprint density at radius 3 is 2.50 bits per heavy atom. The van der Waals surface area contributed by atoms with Crippen LogP contribution in [0.15, 0.2) is 85.2 Å². The first-order chi connectivity index (χ1) is 16.3.